The quantitative estimate of drug-likeness (QED) is 0.369. The summed E-state index contributed by atoms with van der Waals surface area (Å²) in [4.78, 5) is 26.9. The number of hydrogen-bond acceptors (Lipinski definition) is 5. The first-order valence-electron chi connectivity index (χ1n) is 13.6. The van der Waals surface area contributed by atoms with Gasteiger partial charge in [-0.05, 0) is 60.0 Å². The van der Waals surface area contributed by atoms with Gasteiger partial charge in [-0.2, -0.15) is 0 Å². The molecule has 3 rings (SSSR count). The highest BCUT2D eigenvalue weighted by atomic mass is 16.5. The second-order valence-corrected chi connectivity index (χ2v) is 12.8. The number of benzene rings is 2. The van der Waals surface area contributed by atoms with Gasteiger partial charge < -0.3 is 26.8 Å². The van der Waals surface area contributed by atoms with Crippen LogP contribution >= 0.6 is 0 Å². The minimum Gasteiger partial charge on any atom is -0.455 e. The molecule has 7 nitrogen and oxygen atoms in total. The summed E-state index contributed by atoms with van der Waals surface area (Å²) in [5.41, 5.74) is 15.3. The zero-order valence-electron chi connectivity index (χ0n) is 24.4. The first kappa shape index (κ1) is 29.7. The molecule has 6 N–H and O–H groups in total. The lowest BCUT2D eigenvalue weighted by atomic mass is 9.70. The van der Waals surface area contributed by atoms with Gasteiger partial charge in [0.05, 0.1) is 11.1 Å². The third-order valence-corrected chi connectivity index (χ3v) is 7.28. The van der Waals surface area contributed by atoms with E-state index in [-0.39, 0.29) is 22.6 Å². The number of amides is 2. The maximum Gasteiger partial charge on any atom is 0.255 e. The van der Waals surface area contributed by atoms with E-state index >= 15 is 0 Å². The smallest absolute Gasteiger partial charge is 0.255 e. The summed E-state index contributed by atoms with van der Waals surface area (Å²) in [6.45, 7) is 19.0. The van der Waals surface area contributed by atoms with Crippen LogP contribution < -0.4 is 26.8 Å². The molecule has 0 aromatic heterocycles. The molecule has 38 heavy (non-hydrogen) atoms. The maximum atomic E-state index is 13.4. The predicted molar refractivity (Wildman–Crippen MR) is 154 cm³/mol. The molecule has 2 aromatic rings. The van der Waals surface area contributed by atoms with Crippen LogP contribution in [0.2, 0.25) is 0 Å². The van der Waals surface area contributed by atoms with Gasteiger partial charge in [0.15, 0.2) is 0 Å². The molecule has 0 atom stereocenters. The highest BCUT2D eigenvalue weighted by Crippen LogP contribution is 2.52. The minimum atomic E-state index is -0.524. The summed E-state index contributed by atoms with van der Waals surface area (Å²) in [5, 5.41) is 5.98. The van der Waals surface area contributed by atoms with Gasteiger partial charge in [0.25, 0.3) is 11.8 Å². The van der Waals surface area contributed by atoms with Crippen LogP contribution in [0.1, 0.15) is 111 Å². The fraction of sp³-hybridized carbons (Fsp3) is 0.548. The molecule has 0 saturated carbocycles. The Bertz CT molecular complexity index is 1110. The van der Waals surface area contributed by atoms with Crippen LogP contribution in [0.3, 0.4) is 0 Å². The Morgan fingerprint density at radius 1 is 0.737 bits per heavy atom. The fourth-order valence-electron chi connectivity index (χ4n) is 4.66. The summed E-state index contributed by atoms with van der Waals surface area (Å²) >= 11 is 0. The molecule has 7 heteroatoms. The molecule has 1 heterocycles. The van der Waals surface area contributed by atoms with Gasteiger partial charge >= 0.3 is 0 Å². The van der Waals surface area contributed by atoms with E-state index in [1.807, 2.05) is 12.1 Å². The van der Waals surface area contributed by atoms with Crippen LogP contribution in [0, 0.1) is 0 Å². The van der Waals surface area contributed by atoms with Crippen molar-refractivity contribution in [1.29, 1.82) is 0 Å². The van der Waals surface area contributed by atoms with Crippen molar-refractivity contribution >= 4 is 11.8 Å². The van der Waals surface area contributed by atoms with Crippen LogP contribution in [0.5, 0.6) is 11.5 Å². The van der Waals surface area contributed by atoms with Crippen LogP contribution in [0.25, 0.3) is 0 Å². The number of carbonyl (C=O) groups excluding carboxylic acids is 2. The second kappa shape index (κ2) is 11.1. The average Bonchev–Trinajstić information content (AvgIpc) is 2.82. The van der Waals surface area contributed by atoms with E-state index in [2.05, 4.69) is 78.2 Å². The van der Waals surface area contributed by atoms with Crippen molar-refractivity contribution in [1.82, 2.24) is 10.6 Å². The standard InChI is InChI=1S/C31H46N4O3/c1-29(2,3)19-15-21(27(36)34-13-9-11-32)25-23(17-19)31(7,8)24-18-20(30(4,5)6)16-22(26(24)38-25)28(37)35-14-10-12-33/h15-18H,9-14,32-33H2,1-8H3,(H,34,36)(H,35,37). The molecule has 2 amide bonds. The van der Waals surface area contributed by atoms with Gasteiger partial charge in [0.1, 0.15) is 11.5 Å². The second-order valence-electron chi connectivity index (χ2n) is 12.8. The van der Waals surface area contributed by atoms with Crippen LogP contribution in [-0.4, -0.2) is 38.0 Å². The van der Waals surface area contributed by atoms with E-state index in [0.29, 0.717) is 61.6 Å². The molecule has 1 aliphatic rings. The van der Waals surface area contributed by atoms with E-state index in [0.717, 1.165) is 22.3 Å². The van der Waals surface area contributed by atoms with E-state index in [1.165, 1.54) is 0 Å². The van der Waals surface area contributed by atoms with E-state index in [1.54, 1.807) is 0 Å². The van der Waals surface area contributed by atoms with Crippen molar-refractivity contribution in [2.75, 3.05) is 26.2 Å². The summed E-state index contributed by atoms with van der Waals surface area (Å²) in [7, 11) is 0. The lowest BCUT2D eigenvalue weighted by Gasteiger charge is -2.38. The molecule has 0 aliphatic carbocycles. The third-order valence-electron chi connectivity index (χ3n) is 7.28. The number of ether oxygens (including phenoxy) is 1. The van der Waals surface area contributed by atoms with Crippen LogP contribution in [0.15, 0.2) is 24.3 Å². The monoisotopic (exact) mass is 522 g/mol. The SMILES string of the molecule is CC(C)(C)c1cc(C(=O)NCCCN)c2c(c1)C(C)(C)c1cc(C(C)(C)C)cc(C(=O)NCCCN)c1O2. The first-order chi connectivity index (χ1) is 17.6. The lowest BCUT2D eigenvalue weighted by molar-refractivity contribution is 0.0946. The number of fused-ring (bicyclic) bond motifs is 2. The maximum absolute atomic E-state index is 13.4. The molecule has 208 valence electrons. The summed E-state index contributed by atoms with van der Waals surface area (Å²) in [6, 6.07) is 8.14. The van der Waals surface area contributed by atoms with Crippen LogP contribution in [-0.2, 0) is 16.2 Å². The van der Waals surface area contributed by atoms with Crippen molar-refractivity contribution in [2.45, 2.75) is 84.5 Å². The van der Waals surface area contributed by atoms with Gasteiger partial charge in [-0.25, -0.2) is 0 Å². The van der Waals surface area contributed by atoms with Gasteiger partial charge in [0, 0.05) is 29.6 Å². The number of nitrogens with two attached hydrogens (primary N) is 2. The lowest BCUT2D eigenvalue weighted by Crippen LogP contribution is -2.33. The number of carbonyl (C=O) groups is 2. The molecule has 0 saturated heterocycles. The highest BCUT2D eigenvalue weighted by Gasteiger charge is 2.40. The van der Waals surface area contributed by atoms with Crippen molar-refractivity contribution in [3.05, 3.63) is 57.6 Å². The fourth-order valence-corrected chi connectivity index (χ4v) is 4.66. The zero-order chi connectivity index (χ0) is 28.5. The predicted octanol–water partition coefficient (Wildman–Crippen LogP) is 4.87. The van der Waals surface area contributed by atoms with E-state index in [4.69, 9.17) is 16.2 Å². The molecule has 2 aromatic carbocycles. The van der Waals surface area contributed by atoms with Crippen molar-refractivity contribution in [3.8, 4) is 11.5 Å². The van der Waals surface area contributed by atoms with Gasteiger partial charge in [0.2, 0.25) is 0 Å². The van der Waals surface area contributed by atoms with E-state index < -0.39 is 5.41 Å². The topological polar surface area (TPSA) is 119 Å². The number of rotatable bonds is 8. The Balaban J connectivity index is 2.27. The highest BCUT2D eigenvalue weighted by molar-refractivity contribution is 6.00. The summed E-state index contributed by atoms with van der Waals surface area (Å²) < 4.78 is 6.59. The Morgan fingerprint density at radius 2 is 1.11 bits per heavy atom. The number of nitrogens with one attached hydrogen (secondary N) is 2. The molecule has 0 fully saturated rings. The molecular weight excluding hydrogens is 476 g/mol. The van der Waals surface area contributed by atoms with Gasteiger partial charge in [-0.1, -0.05) is 67.5 Å². The molecule has 0 radical (unpaired) electrons. The minimum absolute atomic E-state index is 0.182. The van der Waals surface area contributed by atoms with Gasteiger partial charge in [-0.3, -0.25) is 9.59 Å². The van der Waals surface area contributed by atoms with Crippen molar-refractivity contribution in [2.24, 2.45) is 11.5 Å². The van der Waals surface area contributed by atoms with Crippen LogP contribution in [0.4, 0.5) is 0 Å². The van der Waals surface area contributed by atoms with Crippen molar-refractivity contribution in [3.63, 3.8) is 0 Å². The molecule has 1 aliphatic heterocycles. The average molecular weight is 523 g/mol. The third kappa shape index (κ3) is 6.05. The molecule has 0 spiro atoms. The molecule has 0 unspecified atom stereocenters. The Morgan fingerprint density at radius 3 is 1.42 bits per heavy atom. The number of hydrogen-bond donors (Lipinski definition) is 4. The molecular formula is C31H46N4O3. The first-order valence-corrected chi connectivity index (χ1v) is 13.6. The molecule has 0 bridgehead atoms. The normalized spacial score (nSPS) is 14.3. The summed E-state index contributed by atoms with van der Waals surface area (Å²) in [5.74, 6) is 0.584. The Labute approximate surface area is 228 Å². The largest absolute Gasteiger partial charge is 0.455 e. The van der Waals surface area contributed by atoms with Crippen molar-refractivity contribution < 1.29 is 14.3 Å². The Hall–Kier alpha value is -2.90. The zero-order valence-corrected chi connectivity index (χ0v) is 24.4. The van der Waals surface area contributed by atoms with Gasteiger partial charge in [-0.15, -0.1) is 0 Å². The van der Waals surface area contributed by atoms with E-state index in [9.17, 15) is 9.59 Å². The Kier molecular flexibility index (Phi) is 8.64. The summed E-state index contributed by atoms with van der Waals surface area (Å²) in [6.07, 6.45) is 1.37.